The van der Waals surface area contributed by atoms with Crippen LogP contribution in [0.3, 0.4) is 0 Å². The third kappa shape index (κ3) is 5.20. The first-order valence-corrected chi connectivity index (χ1v) is 12.0. The van der Waals surface area contributed by atoms with Crippen molar-refractivity contribution in [2.24, 2.45) is 0 Å². The van der Waals surface area contributed by atoms with Crippen LogP contribution >= 0.6 is 11.3 Å². The summed E-state index contributed by atoms with van der Waals surface area (Å²) in [6.07, 6.45) is 0.981. The molecule has 0 unspecified atom stereocenters. The van der Waals surface area contributed by atoms with Gasteiger partial charge in [-0.05, 0) is 56.9 Å². The van der Waals surface area contributed by atoms with Gasteiger partial charge in [0.05, 0.1) is 11.3 Å². The first kappa shape index (κ1) is 23.7. The number of fused-ring (bicyclic) bond motifs is 1. The van der Waals surface area contributed by atoms with E-state index in [-0.39, 0.29) is 12.4 Å². The van der Waals surface area contributed by atoms with E-state index in [0.29, 0.717) is 46.0 Å². The lowest BCUT2D eigenvalue weighted by atomic mass is 9.91. The van der Waals surface area contributed by atoms with Crippen LogP contribution in [0.5, 0.6) is 0 Å². The summed E-state index contributed by atoms with van der Waals surface area (Å²) in [6, 6.07) is 18.4. The van der Waals surface area contributed by atoms with Gasteiger partial charge in [0.15, 0.2) is 5.78 Å². The van der Waals surface area contributed by atoms with Crippen molar-refractivity contribution in [1.29, 1.82) is 0 Å². The molecule has 0 saturated heterocycles. The molecule has 1 aliphatic rings. The summed E-state index contributed by atoms with van der Waals surface area (Å²) in [4.78, 5) is 41.2. The van der Waals surface area contributed by atoms with Gasteiger partial charge in [0.1, 0.15) is 22.1 Å². The van der Waals surface area contributed by atoms with Gasteiger partial charge in [0.25, 0.3) is 0 Å². The van der Waals surface area contributed by atoms with Gasteiger partial charge in [-0.3, -0.25) is 4.79 Å². The molecule has 1 aromatic heterocycles. The highest BCUT2D eigenvalue weighted by Crippen LogP contribution is 2.44. The van der Waals surface area contributed by atoms with Crippen molar-refractivity contribution >= 4 is 39.9 Å². The van der Waals surface area contributed by atoms with E-state index in [1.54, 1.807) is 32.9 Å². The number of carbonyl (C=O) groups excluding carboxylic acids is 3. The van der Waals surface area contributed by atoms with Crippen molar-refractivity contribution in [1.82, 2.24) is 0 Å². The number of ether oxygens (including phenoxy) is 2. The molecule has 0 spiro atoms. The molecule has 6 nitrogen and oxygen atoms in total. The van der Waals surface area contributed by atoms with Crippen molar-refractivity contribution < 1.29 is 23.9 Å². The van der Waals surface area contributed by atoms with Crippen LogP contribution in [0, 0.1) is 0 Å². The standard InChI is InChI=1S/C27H27NO5S/c1-27(2,3)33-25(30)23-20-15-10-16-21(29)22(20)24(34-23)28(19-13-8-5-9-14-19)26(31)32-17-18-11-6-4-7-12-18/h4-9,11-14H,10,15-17H2,1-3H3. The molecule has 0 saturated carbocycles. The number of carbonyl (C=O) groups is 3. The quantitative estimate of drug-likeness (QED) is 0.383. The summed E-state index contributed by atoms with van der Waals surface area (Å²) in [5, 5.41) is 0.393. The fourth-order valence-electron chi connectivity index (χ4n) is 3.84. The molecule has 0 aliphatic heterocycles. The van der Waals surface area contributed by atoms with Crippen LogP contribution in [0.25, 0.3) is 0 Å². The Morgan fingerprint density at radius 3 is 2.26 bits per heavy atom. The molecule has 0 atom stereocenters. The molecule has 4 rings (SSSR count). The second-order valence-corrected chi connectivity index (χ2v) is 10.1. The van der Waals surface area contributed by atoms with Crippen LogP contribution in [-0.4, -0.2) is 23.4 Å². The Balaban J connectivity index is 1.77. The van der Waals surface area contributed by atoms with E-state index in [2.05, 4.69) is 0 Å². The van der Waals surface area contributed by atoms with E-state index in [4.69, 9.17) is 9.47 Å². The molecule has 0 bridgehead atoms. The number of ketones is 1. The van der Waals surface area contributed by atoms with Crippen molar-refractivity contribution in [2.75, 3.05) is 4.90 Å². The third-order valence-electron chi connectivity index (χ3n) is 5.29. The van der Waals surface area contributed by atoms with Crippen molar-refractivity contribution in [2.45, 2.75) is 52.2 Å². The Morgan fingerprint density at radius 2 is 1.62 bits per heavy atom. The third-order valence-corrected chi connectivity index (χ3v) is 6.48. The first-order valence-electron chi connectivity index (χ1n) is 11.2. The molecule has 1 heterocycles. The number of nitrogens with zero attached hydrogens (tertiary/aromatic N) is 1. The Kier molecular flexibility index (Phi) is 6.84. The number of thiophene rings is 1. The van der Waals surface area contributed by atoms with Crippen LogP contribution in [0.1, 0.15) is 64.8 Å². The number of Topliss-reactive ketones (excluding diaryl/α,β-unsaturated/α-hetero) is 1. The normalized spacial score (nSPS) is 13.2. The Hall–Kier alpha value is -3.45. The molecule has 0 fully saturated rings. The van der Waals surface area contributed by atoms with Crippen LogP contribution in [0.2, 0.25) is 0 Å². The number of amides is 1. The van der Waals surface area contributed by atoms with Gasteiger partial charge in [-0.25, -0.2) is 14.5 Å². The molecular weight excluding hydrogens is 450 g/mol. The van der Waals surface area contributed by atoms with Gasteiger partial charge in [0.2, 0.25) is 0 Å². The lowest BCUT2D eigenvalue weighted by molar-refractivity contribution is 0.00740. The van der Waals surface area contributed by atoms with E-state index in [0.717, 1.165) is 16.9 Å². The van der Waals surface area contributed by atoms with Crippen molar-refractivity contribution in [3.8, 4) is 0 Å². The van der Waals surface area contributed by atoms with Gasteiger partial charge in [-0.15, -0.1) is 11.3 Å². The molecule has 176 valence electrons. The Morgan fingerprint density at radius 1 is 0.971 bits per heavy atom. The first-order chi connectivity index (χ1) is 16.2. The molecule has 1 aliphatic carbocycles. The van der Waals surface area contributed by atoms with E-state index >= 15 is 0 Å². The second-order valence-electron chi connectivity index (χ2n) is 9.08. The molecular formula is C27H27NO5S. The van der Waals surface area contributed by atoms with Gasteiger partial charge in [-0.2, -0.15) is 0 Å². The maximum atomic E-state index is 13.4. The number of hydrogen-bond donors (Lipinski definition) is 0. The largest absolute Gasteiger partial charge is 0.456 e. The minimum absolute atomic E-state index is 0.0842. The average molecular weight is 478 g/mol. The molecule has 2 aromatic carbocycles. The fourth-order valence-corrected chi connectivity index (χ4v) is 5.10. The zero-order valence-electron chi connectivity index (χ0n) is 19.5. The molecule has 3 aromatic rings. The van der Waals surface area contributed by atoms with E-state index in [9.17, 15) is 14.4 Å². The van der Waals surface area contributed by atoms with Gasteiger partial charge in [0, 0.05) is 6.42 Å². The maximum absolute atomic E-state index is 13.4. The molecule has 0 radical (unpaired) electrons. The highest BCUT2D eigenvalue weighted by Gasteiger charge is 2.36. The lowest BCUT2D eigenvalue weighted by Crippen LogP contribution is -2.28. The van der Waals surface area contributed by atoms with Gasteiger partial charge < -0.3 is 9.47 Å². The molecule has 34 heavy (non-hydrogen) atoms. The molecule has 1 amide bonds. The predicted molar refractivity (Wildman–Crippen MR) is 132 cm³/mol. The minimum atomic E-state index is -0.680. The molecule has 0 N–H and O–H groups in total. The maximum Gasteiger partial charge on any atom is 0.419 e. The zero-order valence-corrected chi connectivity index (χ0v) is 20.3. The van der Waals surface area contributed by atoms with E-state index in [1.165, 1.54) is 4.90 Å². The average Bonchev–Trinajstić information content (AvgIpc) is 3.19. The number of anilines is 2. The summed E-state index contributed by atoms with van der Waals surface area (Å²) >= 11 is 1.11. The Bertz CT molecular complexity index is 1200. The Labute approximate surface area is 203 Å². The van der Waals surface area contributed by atoms with Crippen LogP contribution in [0.4, 0.5) is 15.5 Å². The minimum Gasteiger partial charge on any atom is -0.456 e. The number of esters is 1. The number of benzene rings is 2. The summed E-state index contributed by atoms with van der Waals surface area (Å²) < 4.78 is 11.3. The van der Waals surface area contributed by atoms with Gasteiger partial charge >= 0.3 is 12.1 Å². The smallest absolute Gasteiger partial charge is 0.419 e. The summed E-state index contributed by atoms with van der Waals surface area (Å²) in [5.74, 6) is -0.570. The van der Waals surface area contributed by atoms with Gasteiger partial charge in [-0.1, -0.05) is 48.5 Å². The highest BCUT2D eigenvalue weighted by molar-refractivity contribution is 7.18. The highest BCUT2D eigenvalue weighted by atomic mass is 32.1. The monoisotopic (exact) mass is 477 g/mol. The van der Waals surface area contributed by atoms with Crippen LogP contribution in [0.15, 0.2) is 60.7 Å². The van der Waals surface area contributed by atoms with Crippen LogP contribution < -0.4 is 4.90 Å². The van der Waals surface area contributed by atoms with Crippen molar-refractivity contribution in [3.05, 3.63) is 82.2 Å². The molecule has 7 heteroatoms. The fraction of sp³-hybridized carbons (Fsp3) is 0.296. The topological polar surface area (TPSA) is 72.9 Å². The summed E-state index contributed by atoms with van der Waals surface area (Å²) in [5.41, 5.74) is 1.79. The lowest BCUT2D eigenvalue weighted by Gasteiger charge is -2.23. The summed E-state index contributed by atoms with van der Waals surface area (Å²) in [6.45, 7) is 5.49. The van der Waals surface area contributed by atoms with Crippen molar-refractivity contribution in [3.63, 3.8) is 0 Å². The number of para-hydroxylation sites is 1. The number of rotatable bonds is 5. The second kappa shape index (κ2) is 9.81. The zero-order chi connectivity index (χ0) is 24.3. The van der Waals surface area contributed by atoms with E-state index in [1.807, 2.05) is 48.5 Å². The van der Waals surface area contributed by atoms with Crippen LogP contribution in [-0.2, 0) is 22.5 Å². The van der Waals surface area contributed by atoms with E-state index < -0.39 is 17.7 Å². The number of hydrogen-bond acceptors (Lipinski definition) is 6. The summed E-state index contributed by atoms with van der Waals surface area (Å²) in [7, 11) is 0. The predicted octanol–water partition coefficient (Wildman–Crippen LogP) is 6.70. The SMILES string of the molecule is CC(C)(C)OC(=O)c1sc(N(C(=O)OCc2ccccc2)c2ccccc2)c2c1CCCC2=O.